The van der Waals surface area contributed by atoms with Gasteiger partial charge in [-0.1, -0.05) is 58.2 Å². The molecule has 0 radical (unpaired) electrons. The Morgan fingerprint density at radius 3 is 2.55 bits per heavy atom. The second-order valence-electron chi connectivity index (χ2n) is 4.09. The van der Waals surface area contributed by atoms with Gasteiger partial charge in [0.05, 0.1) is 23.8 Å². The molecule has 2 aromatic rings. The van der Waals surface area contributed by atoms with Crippen molar-refractivity contribution < 1.29 is 6.22 Å². The van der Waals surface area contributed by atoms with Crippen LogP contribution in [0.5, 0.6) is 0 Å². The number of fused-ring (bicyclic) bond motifs is 1. The van der Waals surface area contributed by atoms with Crippen molar-refractivity contribution in [1.82, 2.24) is 15.5 Å². The van der Waals surface area contributed by atoms with E-state index >= 15 is 0 Å². The van der Waals surface area contributed by atoms with Gasteiger partial charge < -0.3 is 5.32 Å². The summed E-state index contributed by atoms with van der Waals surface area (Å²) in [5.41, 5.74) is 1.23. The van der Waals surface area contributed by atoms with Crippen LogP contribution in [0.2, 0.25) is 0 Å². The second kappa shape index (κ2) is 12.3. The summed E-state index contributed by atoms with van der Waals surface area (Å²) in [4.78, 5) is 11.9. The highest BCUT2D eigenvalue weighted by atomic mass is 16.1. The highest BCUT2D eigenvalue weighted by Gasteiger charge is 2.09. The Bertz CT molecular complexity index is 627. The van der Waals surface area contributed by atoms with Crippen molar-refractivity contribution in [3.63, 3.8) is 0 Å². The van der Waals surface area contributed by atoms with Crippen LogP contribution in [-0.2, 0) is 0 Å². The molecule has 2 rings (SSSR count). The number of carbonyl (C=O) groups excluding carboxylic acids is 1. The molecule has 0 aliphatic rings. The molecular weight excluding hydrogens is 274 g/mol. The standard InChI is InChI=1S/C13H11N3O.C3H8.C2H6.H2/c1-2-3-8-14-13(17)11-9-15-16-12-7-5-4-6-10(11)12;1-3-2;1-2;/h4-7,9H,8H2,1H3,(H,14,17);3H2,1-2H3;1-2H3;1H. The van der Waals surface area contributed by atoms with Crippen LogP contribution in [0.15, 0.2) is 30.5 Å². The highest BCUT2D eigenvalue weighted by Crippen LogP contribution is 2.14. The maximum absolute atomic E-state index is 11.9. The summed E-state index contributed by atoms with van der Waals surface area (Å²) in [5.74, 6) is 5.32. The Labute approximate surface area is 134 Å². The van der Waals surface area contributed by atoms with E-state index in [-0.39, 0.29) is 7.33 Å². The van der Waals surface area contributed by atoms with Gasteiger partial charge in [-0.05, 0) is 13.0 Å². The first-order valence-electron chi connectivity index (χ1n) is 7.62. The molecule has 0 atom stereocenters. The number of benzene rings is 1. The van der Waals surface area contributed by atoms with Crippen LogP contribution in [-0.4, -0.2) is 22.6 Å². The number of nitrogens with one attached hydrogen (secondary N) is 1. The van der Waals surface area contributed by atoms with Crippen LogP contribution in [0.1, 0.15) is 52.8 Å². The van der Waals surface area contributed by atoms with Gasteiger partial charge >= 0.3 is 0 Å². The Morgan fingerprint density at radius 2 is 1.91 bits per heavy atom. The molecule has 1 heterocycles. The normalized spacial score (nSPS) is 8.41. The zero-order chi connectivity index (χ0) is 16.8. The van der Waals surface area contributed by atoms with Gasteiger partial charge in [0.25, 0.3) is 5.91 Å². The number of amides is 1. The van der Waals surface area contributed by atoms with Crippen LogP contribution in [0.25, 0.3) is 10.9 Å². The first kappa shape index (κ1) is 19.6. The van der Waals surface area contributed by atoms with E-state index in [9.17, 15) is 4.79 Å². The minimum Gasteiger partial charge on any atom is -0.341 e. The van der Waals surface area contributed by atoms with Crippen molar-refractivity contribution in [1.29, 1.82) is 0 Å². The van der Waals surface area contributed by atoms with E-state index in [0.29, 0.717) is 17.6 Å². The zero-order valence-electron chi connectivity index (χ0n) is 14.1. The summed E-state index contributed by atoms with van der Waals surface area (Å²) in [5, 5.41) is 11.3. The summed E-state index contributed by atoms with van der Waals surface area (Å²) >= 11 is 0. The zero-order valence-corrected chi connectivity index (χ0v) is 14.1. The van der Waals surface area contributed by atoms with Crippen molar-refractivity contribution in [3.05, 3.63) is 36.0 Å². The van der Waals surface area contributed by atoms with Crippen molar-refractivity contribution in [2.45, 2.75) is 41.0 Å². The van der Waals surface area contributed by atoms with Gasteiger partial charge in [0, 0.05) is 6.81 Å². The highest BCUT2D eigenvalue weighted by molar-refractivity contribution is 6.05. The average molecular weight is 301 g/mol. The van der Waals surface area contributed by atoms with E-state index in [0.717, 1.165) is 5.39 Å². The molecule has 0 fully saturated rings. The number of aromatic nitrogens is 2. The largest absolute Gasteiger partial charge is 0.341 e. The third-order valence-electron chi connectivity index (χ3n) is 2.31. The summed E-state index contributed by atoms with van der Waals surface area (Å²) in [6, 6.07) is 7.41. The van der Waals surface area contributed by atoms with E-state index < -0.39 is 0 Å². The average Bonchev–Trinajstić information content (AvgIpc) is 2.57. The van der Waals surface area contributed by atoms with E-state index in [1.54, 1.807) is 6.92 Å². The molecule has 0 spiro atoms. The molecule has 0 aliphatic carbocycles. The Kier molecular flexibility index (Phi) is 11.0. The van der Waals surface area contributed by atoms with Gasteiger partial charge in [-0.3, -0.25) is 4.79 Å². The maximum Gasteiger partial charge on any atom is 0.254 e. The van der Waals surface area contributed by atoms with Crippen molar-refractivity contribution in [2.24, 2.45) is 0 Å². The molecule has 1 amide bonds. The number of hydrogen-bond donors (Lipinski definition) is 1. The van der Waals surface area contributed by atoms with Crippen LogP contribution >= 0.6 is 0 Å². The summed E-state index contributed by atoms with van der Waals surface area (Å²) in [6.07, 6.45) is 2.72. The summed E-state index contributed by atoms with van der Waals surface area (Å²) < 4.78 is 0. The van der Waals surface area contributed by atoms with E-state index in [1.807, 2.05) is 38.1 Å². The third kappa shape index (κ3) is 6.36. The maximum atomic E-state index is 11.9. The lowest BCUT2D eigenvalue weighted by molar-refractivity contribution is 0.0960. The summed E-state index contributed by atoms with van der Waals surface area (Å²) in [7, 11) is 0. The molecule has 4 heteroatoms. The molecule has 1 aromatic carbocycles. The molecule has 4 nitrogen and oxygen atoms in total. The first-order valence-corrected chi connectivity index (χ1v) is 7.62. The fourth-order valence-corrected chi connectivity index (χ4v) is 1.50. The Morgan fingerprint density at radius 1 is 1.27 bits per heavy atom. The minimum atomic E-state index is -0.182. The lowest BCUT2D eigenvalue weighted by Gasteiger charge is -2.04. The molecule has 22 heavy (non-hydrogen) atoms. The van der Waals surface area contributed by atoms with E-state index in [1.165, 1.54) is 12.6 Å². The number of nitrogens with zero attached hydrogens (tertiary/aromatic N) is 2. The SMILES string of the molecule is CC.CC#CCNC(=O)c1cnnc2ccccc12.CCC.[HH]. The number of hydrogen-bond acceptors (Lipinski definition) is 3. The molecule has 0 unspecified atom stereocenters. The van der Waals surface area contributed by atoms with Gasteiger partial charge in [0.2, 0.25) is 0 Å². The monoisotopic (exact) mass is 301 g/mol. The second-order valence-corrected chi connectivity index (χ2v) is 4.09. The molecule has 120 valence electrons. The van der Waals surface area contributed by atoms with Gasteiger partial charge in [0.15, 0.2) is 0 Å². The van der Waals surface area contributed by atoms with Crippen molar-refractivity contribution in [2.75, 3.05) is 6.54 Å². The molecule has 0 aliphatic heterocycles. The molecule has 1 N–H and O–H groups in total. The molecule has 0 bridgehead atoms. The van der Waals surface area contributed by atoms with Crippen LogP contribution in [0.4, 0.5) is 0 Å². The van der Waals surface area contributed by atoms with Gasteiger partial charge in [-0.25, -0.2) is 0 Å². The van der Waals surface area contributed by atoms with Crippen LogP contribution in [0, 0.1) is 11.8 Å². The fraction of sp³-hybridized carbons (Fsp3) is 0.389. The van der Waals surface area contributed by atoms with Gasteiger partial charge in [-0.15, -0.1) is 5.92 Å². The molecule has 0 saturated heterocycles. The quantitative estimate of drug-likeness (QED) is 0.851. The van der Waals surface area contributed by atoms with Crippen LogP contribution in [0.3, 0.4) is 0 Å². The van der Waals surface area contributed by atoms with Crippen molar-refractivity contribution in [3.8, 4) is 11.8 Å². The van der Waals surface area contributed by atoms with Crippen LogP contribution < -0.4 is 5.32 Å². The summed E-state index contributed by atoms with van der Waals surface area (Å²) in [6.45, 7) is 10.3. The van der Waals surface area contributed by atoms with Gasteiger partial charge in [0.1, 0.15) is 0 Å². The minimum absolute atomic E-state index is 0. The predicted octanol–water partition coefficient (Wildman–Crippen LogP) is 4.07. The van der Waals surface area contributed by atoms with E-state index in [4.69, 9.17) is 0 Å². The first-order chi connectivity index (χ1) is 10.7. The number of rotatable bonds is 2. The van der Waals surface area contributed by atoms with E-state index in [2.05, 4.69) is 41.2 Å². The fourth-order valence-electron chi connectivity index (χ4n) is 1.50. The third-order valence-corrected chi connectivity index (χ3v) is 2.31. The molecule has 1 aromatic heterocycles. The molecule has 0 saturated carbocycles. The Balaban J connectivity index is 0. The number of carbonyl (C=O) groups is 1. The molecular formula is C18H27N3O. The predicted molar refractivity (Wildman–Crippen MR) is 94.7 cm³/mol. The lowest BCUT2D eigenvalue weighted by atomic mass is 10.1. The van der Waals surface area contributed by atoms with Crippen molar-refractivity contribution >= 4 is 16.8 Å². The Hall–Kier alpha value is -2.41. The topological polar surface area (TPSA) is 54.9 Å². The van der Waals surface area contributed by atoms with Gasteiger partial charge in [-0.2, -0.15) is 10.2 Å². The smallest absolute Gasteiger partial charge is 0.254 e. The lowest BCUT2D eigenvalue weighted by Crippen LogP contribution is -2.24.